The van der Waals surface area contributed by atoms with Crippen molar-refractivity contribution in [2.75, 3.05) is 0 Å². The maximum absolute atomic E-state index is 12.7. The van der Waals surface area contributed by atoms with Gasteiger partial charge >= 0.3 is 18.9 Å². The smallest absolute Gasteiger partial charge is 0.768 e. The fourth-order valence-corrected chi connectivity index (χ4v) is 1.17. The molecule has 1 unspecified atom stereocenters. The molecule has 72 valence electrons. The van der Waals surface area contributed by atoms with E-state index in [-0.39, 0.29) is 23.8 Å². The summed E-state index contributed by atoms with van der Waals surface area (Å²) in [5.74, 6) is -1.21. The molecular formula is C7H4F3LiO2S. The summed E-state index contributed by atoms with van der Waals surface area (Å²) >= 11 is -2.60. The van der Waals surface area contributed by atoms with Gasteiger partial charge in [-0.05, 0) is 29.3 Å². The van der Waals surface area contributed by atoms with Crippen LogP contribution >= 0.6 is 0 Å². The molecule has 7 heteroatoms. The van der Waals surface area contributed by atoms with Gasteiger partial charge in [-0.1, -0.05) is 0 Å². The van der Waals surface area contributed by atoms with Crippen LogP contribution in [0.3, 0.4) is 0 Å². The second-order valence-corrected chi connectivity index (χ2v) is 3.16. The third kappa shape index (κ3) is 3.14. The van der Waals surface area contributed by atoms with Gasteiger partial charge in [0.2, 0.25) is 0 Å². The topological polar surface area (TPSA) is 40.1 Å². The summed E-state index contributed by atoms with van der Waals surface area (Å²) in [6, 6.07) is 2.24. The van der Waals surface area contributed by atoms with Gasteiger partial charge in [0, 0.05) is 4.90 Å². The van der Waals surface area contributed by atoms with Gasteiger partial charge in [0.05, 0.1) is 5.56 Å². The van der Waals surface area contributed by atoms with Crippen LogP contribution in [-0.4, -0.2) is 8.76 Å². The zero-order valence-electron chi connectivity index (χ0n) is 7.17. The van der Waals surface area contributed by atoms with Crippen molar-refractivity contribution in [3.63, 3.8) is 0 Å². The largest absolute Gasteiger partial charge is 1.00 e. The standard InChI is InChI=1S/C7H5F3O2S.Li/c8-6-3-4(13(11)12)1-2-5(6)7(9)10;/h1-3,7H,(H,11,12);/q;+1/p-1. The second-order valence-electron chi connectivity index (χ2n) is 2.22. The minimum absolute atomic E-state index is 0. The molecule has 0 heterocycles. The molecule has 0 radical (unpaired) electrons. The molecule has 0 fully saturated rings. The van der Waals surface area contributed by atoms with E-state index in [2.05, 4.69) is 0 Å². The number of alkyl halides is 2. The summed E-state index contributed by atoms with van der Waals surface area (Å²) in [5.41, 5.74) is -0.797. The van der Waals surface area contributed by atoms with Crippen molar-refractivity contribution in [2.24, 2.45) is 0 Å². The Kier molecular flexibility index (Phi) is 5.45. The number of halogens is 3. The van der Waals surface area contributed by atoms with Crippen molar-refractivity contribution in [3.05, 3.63) is 29.6 Å². The minimum atomic E-state index is -2.94. The molecule has 0 saturated carbocycles. The van der Waals surface area contributed by atoms with Gasteiger partial charge in [-0.25, -0.2) is 13.2 Å². The van der Waals surface area contributed by atoms with Gasteiger partial charge < -0.3 is 4.55 Å². The maximum Gasteiger partial charge on any atom is 1.00 e. The zero-order valence-corrected chi connectivity index (χ0v) is 7.98. The van der Waals surface area contributed by atoms with Crippen LogP contribution in [0.15, 0.2) is 23.1 Å². The molecule has 0 amide bonds. The van der Waals surface area contributed by atoms with Gasteiger partial charge in [-0.2, -0.15) is 0 Å². The number of benzene rings is 1. The second kappa shape index (κ2) is 5.56. The average molecular weight is 216 g/mol. The molecule has 2 nitrogen and oxygen atoms in total. The first-order chi connectivity index (χ1) is 6.02. The Morgan fingerprint density at radius 2 is 1.93 bits per heavy atom. The first-order valence-corrected chi connectivity index (χ1v) is 4.26. The van der Waals surface area contributed by atoms with Crippen molar-refractivity contribution in [3.8, 4) is 0 Å². The molecule has 1 aromatic carbocycles. The average Bonchev–Trinajstić information content (AvgIpc) is 2.03. The van der Waals surface area contributed by atoms with Crippen LogP contribution in [0.25, 0.3) is 0 Å². The Balaban J connectivity index is 0.00000169. The molecule has 0 aromatic heterocycles. The number of rotatable bonds is 2. The predicted molar refractivity (Wildman–Crippen MR) is 38.5 cm³/mol. The Hall–Kier alpha value is -0.283. The summed E-state index contributed by atoms with van der Waals surface area (Å²) in [7, 11) is 0. The molecule has 0 aliphatic rings. The Labute approximate surface area is 93.0 Å². The normalized spacial score (nSPS) is 12.4. The van der Waals surface area contributed by atoms with Crippen LogP contribution in [0, 0.1) is 5.82 Å². The molecule has 0 aliphatic heterocycles. The van der Waals surface area contributed by atoms with Gasteiger partial charge in [-0.3, -0.25) is 4.21 Å². The van der Waals surface area contributed by atoms with E-state index in [1.165, 1.54) is 0 Å². The summed E-state index contributed by atoms with van der Waals surface area (Å²) in [5, 5.41) is 0. The Morgan fingerprint density at radius 1 is 1.36 bits per heavy atom. The van der Waals surface area contributed by atoms with Crippen molar-refractivity contribution in [2.45, 2.75) is 11.3 Å². The van der Waals surface area contributed by atoms with Gasteiger partial charge in [0.25, 0.3) is 6.43 Å². The summed E-state index contributed by atoms with van der Waals surface area (Å²) in [6.45, 7) is 0. The van der Waals surface area contributed by atoms with E-state index >= 15 is 0 Å². The van der Waals surface area contributed by atoms with Crippen LogP contribution < -0.4 is 18.9 Å². The third-order valence-corrected chi connectivity index (χ3v) is 2.04. The quantitative estimate of drug-likeness (QED) is 0.470. The fraction of sp³-hybridized carbons (Fsp3) is 0.143. The van der Waals surface area contributed by atoms with Gasteiger partial charge in [-0.15, -0.1) is 0 Å². The van der Waals surface area contributed by atoms with E-state index in [0.717, 1.165) is 12.1 Å². The predicted octanol–water partition coefficient (Wildman–Crippen LogP) is -0.995. The van der Waals surface area contributed by atoms with Gasteiger partial charge in [0.1, 0.15) is 5.82 Å². The van der Waals surface area contributed by atoms with Crippen LogP contribution in [0.1, 0.15) is 12.0 Å². The molecule has 1 atom stereocenters. The molecule has 14 heavy (non-hydrogen) atoms. The molecule has 0 spiro atoms. The molecule has 1 rings (SSSR count). The zero-order chi connectivity index (χ0) is 10.0. The van der Waals surface area contributed by atoms with E-state index in [9.17, 15) is 21.9 Å². The van der Waals surface area contributed by atoms with Crippen molar-refractivity contribution >= 4 is 11.1 Å². The van der Waals surface area contributed by atoms with E-state index in [1.54, 1.807) is 0 Å². The first-order valence-electron chi connectivity index (χ1n) is 3.19. The first kappa shape index (κ1) is 13.7. The van der Waals surface area contributed by atoms with Crippen molar-refractivity contribution < 1.29 is 40.8 Å². The Morgan fingerprint density at radius 3 is 2.29 bits per heavy atom. The third-order valence-electron chi connectivity index (χ3n) is 1.40. The van der Waals surface area contributed by atoms with E-state index in [0.29, 0.717) is 6.07 Å². The minimum Gasteiger partial charge on any atom is -0.768 e. The fourth-order valence-electron chi connectivity index (χ4n) is 0.789. The SMILES string of the molecule is O=S([O-])c1ccc(C(F)F)c(F)c1.[Li+]. The van der Waals surface area contributed by atoms with Crippen LogP contribution in [0.5, 0.6) is 0 Å². The Bertz CT molecular complexity index is 346. The summed E-state index contributed by atoms with van der Waals surface area (Å²) in [4.78, 5) is -0.345. The van der Waals surface area contributed by atoms with E-state index < -0.39 is 28.9 Å². The molecule has 0 saturated heterocycles. The molecule has 0 bridgehead atoms. The van der Waals surface area contributed by atoms with E-state index in [4.69, 9.17) is 0 Å². The number of hydrogen-bond acceptors (Lipinski definition) is 2. The van der Waals surface area contributed by atoms with E-state index in [1.807, 2.05) is 0 Å². The molecular weight excluding hydrogens is 212 g/mol. The molecule has 0 aliphatic carbocycles. The van der Waals surface area contributed by atoms with Crippen LogP contribution in [0.4, 0.5) is 13.2 Å². The monoisotopic (exact) mass is 216 g/mol. The molecule has 0 N–H and O–H groups in total. The number of hydrogen-bond donors (Lipinski definition) is 0. The molecule has 1 aromatic rings. The summed E-state index contributed by atoms with van der Waals surface area (Å²) in [6.07, 6.45) is -2.94. The van der Waals surface area contributed by atoms with Gasteiger partial charge in [0.15, 0.2) is 0 Å². The summed E-state index contributed by atoms with van der Waals surface area (Å²) < 4.78 is 57.2. The van der Waals surface area contributed by atoms with Crippen molar-refractivity contribution in [1.29, 1.82) is 0 Å². The van der Waals surface area contributed by atoms with Crippen LogP contribution in [-0.2, 0) is 11.1 Å². The van der Waals surface area contributed by atoms with Crippen LogP contribution in [0.2, 0.25) is 0 Å². The maximum atomic E-state index is 12.7. The van der Waals surface area contributed by atoms with Crippen molar-refractivity contribution in [1.82, 2.24) is 0 Å².